The van der Waals surface area contributed by atoms with Crippen molar-refractivity contribution >= 4 is 15.9 Å². The molecular weight excluding hydrogens is 374 g/mol. The first kappa shape index (κ1) is 19.9. The molecule has 2 heterocycles. The van der Waals surface area contributed by atoms with Crippen LogP contribution >= 0.6 is 0 Å². The Balaban J connectivity index is 1.25. The second-order valence-corrected chi connectivity index (χ2v) is 10.3. The summed E-state index contributed by atoms with van der Waals surface area (Å²) in [6.45, 7) is 3.31. The number of sulfonamides is 1. The van der Waals surface area contributed by atoms with Crippen molar-refractivity contribution in [2.75, 3.05) is 26.2 Å². The topological polar surface area (TPSA) is 69.7 Å². The van der Waals surface area contributed by atoms with Gasteiger partial charge < -0.3 is 5.32 Å². The van der Waals surface area contributed by atoms with E-state index >= 15 is 0 Å². The van der Waals surface area contributed by atoms with Crippen LogP contribution in [0, 0.1) is 0 Å². The molecule has 1 aromatic rings. The van der Waals surface area contributed by atoms with Gasteiger partial charge in [-0.05, 0) is 56.2 Å². The summed E-state index contributed by atoms with van der Waals surface area (Å²) in [5.74, 6) is 0.0904. The minimum atomic E-state index is -3.38. The molecule has 1 N–H and O–H groups in total. The Kier molecular flexibility index (Phi) is 6.04. The van der Waals surface area contributed by atoms with E-state index in [9.17, 15) is 13.2 Å². The Bertz CT molecular complexity index is 784. The number of hydrogen-bond donors (Lipinski definition) is 1. The van der Waals surface area contributed by atoms with E-state index < -0.39 is 10.0 Å². The number of rotatable bonds is 7. The normalized spacial score (nSPS) is 24.4. The van der Waals surface area contributed by atoms with Crippen LogP contribution in [0.2, 0.25) is 0 Å². The predicted octanol–water partition coefficient (Wildman–Crippen LogP) is 2.15. The molecule has 0 radical (unpaired) electrons. The van der Waals surface area contributed by atoms with Crippen molar-refractivity contribution in [3.05, 3.63) is 29.8 Å². The van der Waals surface area contributed by atoms with Gasteiger partial charge in [-0.15, -0.1) is 0 Å². The lowest BCUT2D eigenvalue weighted by Gasteiger charge is -2.25. The lowest BCUT2D eigenvalue weighted by Crippen LogP contribution is -2.37. The molecule has 3 aliphatic rings. The van der Waals surface area contributed by atoms with Gasteiger partial charge in [-0.3, -0.25) is 9.69 Å². The highest BCUT2D eigenvalue weighted by Crippen LogP contribution is 2.29. The van der Waals surface area contributed by atoms with E-state index in [1.807, 2.05) is 12.1 Å². The summed E-state index contributed by atoms with van der Waals surface area (Å²) < 4.78 is 27.0. The van der Waals surface area contributed by atoms with E-state index in [0.29, 0.717) is 30.8 Å². The number of carbonyl (C=O) groups excluding carboxylic acids is 1. The fraction of sp³-hybridized carbons (Fsp3) is 0.667. The molecule has 1 amide bonds. The van der Waals surface area contributed by atoms with Crippen molar-refractivity contribution in [2.45, 2.75) is 68.3 Å². The summed E-state index contributed by atoms with van der Waals surface area (Å²) in [6.07, 6.45) is 7.72. The maximum Gasteiger partial charge on any atom is 0.243 e. The molecular formula is C21H31N3O3S. The summed E-state index contributed by atoms with van der Waals surface area (Å²) in [5, 5.41) is 3.16. The van der Waals surface area contributed by atoms with Crippen molar-refractivity contribution in [2.24, 2.45) is 0 Å². The zero-order valence-corrected chi connectivity index (χ0v) is 17.3. The number of likely N-dealkylation sites (tertiary alicyclic amines) is 1. The van der Waals surface area contributed by atoms with Crippen LogP contribution in [0.1, 0.15) is 50.5 Å². The Hall–Kier alpha value is -1.44. The molecule has 0 unspecified atom stereocenters. The number of benzene rings is 1. The van der Waals surface area contributed by atoms with Crippen LogP contribution in [0.3, 0.4) is 0 Å². The standard InChI is InChI=1S/C21H31N3O3S/c25-21(22-18-12-15-23(16-18)19-7-8-19)11-6-17-4-9-20(10-5-17)28(26,27)24-13-2-1-3-14-24/h4-5,9-10,18-19H,1-3,6-8,11-16H2,(H,22,25)/t18-/m0/s1. The average Bonchev–Trinajstić information content (AvgIpc) is 3.47. The lowest BCUT2D eigenvalue weighted by molar-refractivity contribution is -0.121. The summed E-state index contributed by atoms with van der Waals surface area (Å²) in [5.41, 5.74) is 0.999. The number of piperidine rings is 1. The van der Waals surface area contributed by atoms with Crippen LogP contribution < -0.4 is 5.32 Å². The summed E-state index contributed by atoms with van der Waals surface area (Å²) in [7, 11) is -3.38. The fourth-order valence-corrected chi connectivity index (χ4v) is 5.83. The van der Waals surface area contributed by atoms with Gasteiger partial charge in [0.15, 0.2) is 0 Å². The number of nitrogens with one attached hydrogen (secondary N) is 1. The van der Waals surface area contributed by atoms with Crippen LogP contribution in [0.15, 0.2) is 29.2 Å². The number of hydrogen-bond acceptors (Lipinski definition) is 4. The van der Waals surface area contributed by atoms with E-state index in [1.54, 1.807) is 16.4 Å². The van der Waals surface area contributed by atoms with E-state index in [4.69, 9.17) is 0 Å². The van der Waals surface area contributed by atoms with Gasteiger partial charge in [-0.1, -0.05) is 18.6 Å². The SMILES string of the molecule is O=C(CCc1ccc(S(=O)(=O)N2CCCCC2)cc1)N[C@H]1CCN(C2CC2)C1. The molecule has 0 bridgehead atoms. The van der Waals surface area contributed by atoms with Crippen molar-refractivity contribution < 1.29 is 13.2 Å². The molecule has 0 aromatic heterocycles. The quantitative estimate of drug-likeness (QED) is 0.755. The maximum atomic E-state index is 12.7. The predicted molar refractivity (Wildman–Crippen MR) is 109 cm³/mol. The van der Waals surface area contributed by atoms with Gasteiger partial charge in [0.25, 0.3) is 0 Å². The Labute approximate surface area is 168 Å². The molecule has 28 heavy (non-hydrogen) atoms. The van der Waals surface area contributed by atoms with E-state index in [0.717, 1.165) is 50.4 Å². The van der Waals surface area contributed by atoms with Gasteiger partial charge in [-0.2, -0.15) is 4.31 Å². The third-order valence-corrected chi connectivity index (χ3v) is 8.08. The smallest absolute Gasteiger partial charge is 0.243 e. The maximum absolute atomic E-state index is 12.7. The van der Waals surface area contributed by atoms with Crippen molar-refractivity contribution in [1.82, 2.24) is 14.5 Å². The minimum Gasteiger partial charge on any atom is -0.352 e. The molecule has 154 valence electrons. The first-order chi connectivity index (χ1) is 13.5. The third-order valence-electron chi connectivity index (χ3n) is 6.16. The molecule has 2 saturated heterocycles. The van der Waals surface area contributed by atoms with Crippen molar-refractivity contribution in [3.8, 4) is 0 Å². The molecule has 1 aliphatic carbocycles. The summed E-state index contributed by atoms with van der Waals surface area (Å²) in [4.78, 5) is 15.1. The first-order valence-corrected chi connectivity index (χ1v) is 12.1. The van der Waals surface area contributed by atoms with E-state index in [1.165, 1.54) is 12.8 Å². The van der Waals surface area contributed by atoms with Crippen LogP contribution in [0.25, 0.3) is 0 Å². The van der Waals surface area contributed by atoms with Crippen LogP contribution in [-0.2, 0) is 21.2 Å². The number of amides is 1. The van der Waals surface area contributed by atoms with E-state index in [-0.39, 0.29) is 11.9 Å². The molecule has 1 saturated carbocycles. The largest absolute Gasteiger partial charge is 0.352 e. The van der Waals surface area contributed by atoms with Gasteiger partial charge in [0.05, 0.1) is 4.90 Å². The monoisotopic (exact) mass is 405 g/mol. The highest BCUT2D eigenvalue weighted by atomic mass is 32.2. The number of carbonyl (C=O) groups is 1. The molecule has 3 fully saturated rings. The highest BCUT2D eigenvalue weighted by Gasteiger charge is 2.34. The summed E-state index contributed by atoms with van der Waals surface area (Å²) in [6, 6.07) is 8.10. The Morgan fingerprint density at radius 1 is 1.00 bits per heavy atom. The zero-order chi connectivity index (χ0) is 19.6. The van der Waals surface area contributed by atoms with Gasteiger partial charge in [0, 0.05) is 44.7 Å². The first-order valence-electron chi connectivity index (χ1n) is 10.6. The number of nitrogens with zero attached hydrogens (tertiary/aromatic N) is 2. The molecule has 4 rings (SSSR count). The molecule has 1 aromatic carbocycles. The Morgan fingerprint density at radius 2 is 1.71 bits per heavy atom. The highest BCUT2D eigenvalue weighted by molar-refractivity contribution is 7.89. The van der Waals surface area contributed by atoms with Crippen LogP contribution in [0.4, 0.5) is 0 Å². The molecule has 6 nitrogen and oxygen atoms in total. The molecule has 1 atom stereocenters. The zero-order valence-electron chi connectivity index (χ0n) is 16.5. The van der Waals surface area contributed by atoms with Crippen molar-refractivity contribution in [1.29, 1.82) is 0 Å². The fourth-order valence-electron chi connectivity index (χ4n) is 4.32. The molecule has 0 spiro atoms. The second kappa shape index (κ2) is 8.51. The minimum absolute atomic E-state index is 0.0904. The van der Waals surface area contributed by atoms with Crippen LogP contribution in [-0.4, -0.2) is 61.8 Å². The van der Waals surface area contributed by atoms with Gasteiger partial charge in [-0.25, -0.2) is 8.42 Å². The van der Waals surface area contributed by atoms with Gasteiger partial charge in [0.2, 0.25) is 15.9 Å². The molecule has 2 aliphatic heterocycles. The molecule has 7 heteroatoms. The van der Waals surface area contributed by atoms with Crippen molar-refractivity contribution in [3.63, 3.8) is 0 Å². The average molecular weight is 406 g/mol. The van der Waals surface area contributed by atoms with Crippen LogP contribution in [0.5, 0.6) is 0 Å². The number of aryl methyl sites for hydroxylation is 1. The van der Waals surface area contributed by atoms with Gasteiger partial charge >= 0.3 is 0 Å². The third kappa shape index (κ3) is 4.75. The lowest BCUT2D eigenvalue weighted by atomic mass is 10.1. The second-order valence-electron chi connectivity index (χ2n) is 8.39. The van der Waals surface area contributed by atoms with E-state index in [2.05, 4.69) is 10.2 Å². The summed E-state index contributed by atoms with van der Waals surface area (Å²) >= 11 is 0. The van der Waals surface area contributed by atoms with Gasteiger partial charge in [0.1, 0.15) is 0 Å². The Morgan fingerprint density at radius 3 is 2.39 bits per heavy atom.